The molecule has 2 aliphatic heterocycles. The van der Waals surface area contributed by atoms with Crippen LogP contribution in [0.25, 0.3) is 0 Å². The minimum absolute atomic E-state index is 0. The van der Waals surface area contributed by atoms with Crippen LogP contribution in [0.15, 0.2) is 18.3 Å². The van der Waals surface area contributed by atoms with Crippen molar-refractivity contribution >= 4 is 30.7 Å². The molecule has 0 saturated carbocycles. The Morgan fingerprint density at radius 2 is 1.87 bits per heavy atom. The van der Waals surface area contributed by atoms with Crippen molar-refractivity contribution in [2.24, 2.45) is 0 Å². The summed E-state index contributed by atoms with van der Waals surface area (Å²) in [6, 6.07) is 2.81. The molecule has 0 aromatic carbocycles. The summed E-state index contributed by atoms with van der Waals surface area (Å²) < 4.78 is 37.4. The Kier molecular flexibility index (Phi) is 6.68. The van der Waals surface area contributed by atoms with Crippen molar-refractivity contribution in [1.82, 2.24) is 15.2 Å². The van der Waals surface area contributed by atoms with Gasteiger partial charge >= 0.3 is 6.18 Å². The highest BCUT2D eigenvalue weighted by molar-refractivity contribution is 5.94. The molecular weight excluding hydrogens is 354 g/mol. The molecule has 1 aromatic heterocycles. The minimum atomic E-state index is -4.48. The van der Waals surface area contributed by atoms with Gasteiger partial charge < -0.3 is 10.2 Å². The van der Waals surface area contributed by atoms with Crippen molar-refractivity contribution in [2.75, 3.05) is 13.1 Å². The third-order valence-electron chi connectivity index (χ3n) is 4.11. The number of nitrogens with zero attached hydrogens (tertiary/aromatic N) is 2. The number of aromatic nitrogens is 1. The van der Waals surface area contributed by atoms with Crippen molar-refractivity contribution in [2.45, 2.75) is 37.5 Å². The number of carbonyl (C=O) groups excluding carboxylic acids is 1. The predicted molar refractivity (Wildman–Crippen MR) is 84.2 cm³/mol. The van der Waals surface area contributed by atoms with E-state index in [1.54, 1.807) is 4.90 Å². The lowest BCUT2D eigenvalue weighted by Gasteiger charge is -2.24. The highest BCUT2D eigenvalue weighted by Crippen LogP contribution is 2.27. The number of pyridine rings is 1. The second-order valence-corrected chi connectivity index (χ2v) is 5.61. The molecular formula is C14H18Cl2F3N3O. The smallest absolute Gasteiger partial charge is 0.337 e. The number of nitrogens with one attached hydrogen (secondary N) is 1. The largest absolute Gasteiger partial charge is 0.433 e. The molecule has 1 aromatic rings. The standard InChI is InChI=1S/C14H16F3N3O.2ClH/c15-14(16,17)12-4-1-9(7-18-12)13(21)20-6-5-10-2-3-11(8-20)19-10;;/h1,4,7,10-11,19H,2-3,5-6,8H2;2*1H. The monoisotopic (exact) mass is 371 g/mol. The fraction of sp³-hybridized carbons (Fsp3) is 0.571. The lowest BCUT2D eigenvalue weighted by molar-refractivity contribution is -0.141. The first-order valence-electron chi connectivity index (χ1n) is 7.02. The van der Waals surface area contributed by atoms with E-state index in [9.17, 15) is 18.0 Å². The van der Waals surface area contributed by atoms with Crippen LogP contribution in [0, 0.1) is 0 Å². The Bertz CT molecular complexity index is 539. The van der Waals surface area contributed by atoms with Gasteiger partial charge in [-0.25, -0.2) is 0 Å². The maximum Gasteiger partial charge on any atom is 0.433 e. The van der Waals surface area contributed by atoms with E-state index in [4.69, 9.17) is 0 Å². The van der Waals surface area contributed by atoms with Crippen molar-refractivity contribution in [3.63, 3.8) is 0 Å². The first-order chi connectivity index (χ1) is 9.93. The maximum atomic E-state index is 12.5. The molecule has 9 heteroatoms. The Morgan fingerprint density at radius 3 is 2.48 bits per heavy atom. The summed E-state index contributed by atoms with van der Waals surface area (Å²) in [5, 5.41) is 3.46. The summed E-state index contributed by atoms with van der Waals surface area (Å²) in [6.07, 6.45) is -0.403. The second-order valence-electron chi connectivity index (χ2n) is 5.61. The molecule has 1 amide bonds. The molecule has 0 spiro atoms. The van der Waals surface area contributed by atoms with Crippen molar-refractivity contribution in [1.29, 1.82) is 0 Å². The van der Waals surface area contributed by atoms with E-state index in [1.807, 2.05) is 0 Å². The van der Waals surface area contributed by atoms with Gasteiger partial charge in [-0.2, -0.15) is 13.2 Å². The zero-order valence-electron chi connectivity index (χ0n) is 12.2. The highest BCUT2D eigenvalue weighted by Gasteiger charge is 2.34. The Labute approximate surface area is 144 Å². The lowest BCUT2D eigenvalue weighted by Crippen LogP contribution is -2.39. The summed E-state index contributed by atoms with van der Waals surface area (Å²) in [4.78, 5) is 17.4. The zero-order chi connectivity index (χ0) is 15.0. The summed E-state index contributed by atoms with van der Waals surface area (Å²) in [5.41, 5.74) is -0.767. The summed E-state index contributed by atoms with van der Waals surface area (Å²) in [7, 11) is 0. The van der Waals surface area contributed by atoms with Gasteiger partial charge in [-0.05, 0) is 31.4 Å². The van der Waals surface area contributed by atoms with Crippen molar-refractivity contribution < 1.29 is 18.0 Å². The average molecular weight is 372 g/mol. The molecule has 23 heavy (non-hydrogen) atoms. The van der Waals surface area contributed by atoms with Crippen LogP contribution in [-0.4, -0.2) is 41.0 Å². The number of halogens is 5. The SMILES string of the molecule is Cl.Cl.O=C(c1ccc(C(F)(F)F)nc1)N1CCC2CCC(C1)N2. The number of hydrogen-bond donors (Lipinski definition) is 1. The Hall–Kier alpha value is -1.05. The third-order valence-corrected chi connectivity index (χ3v) is 4.11. The van der Waals surface area contributed by atoms with E-state index < -0.39 is 11.9 Å². The molecule has 2 aliphatic rings. The van der Waals surface area contributed by atoms with Gasteiger partial charge in [-0.1, -0.05) is 0 Å². The third kappa shape index (κ3) is 4.49. The maximum absolute atomic E-state index is 12.5. The van der Waals surface area contributed by atoms with Crippen LogP contribution in [0.4, 0.5) is 13.2 Å². The molecule has 2 saturated heterocycles. The van der Waals surface area contributed by atoms with E-state index >= 15 is 0 Å². The molecule has 2 unspecified atom stereocenters. The molecule has 3 heterocycles. The summed E-state index contributed by atoms with van der Waals surface area (Å²) in [6.45, 7) is 1.24. The number of hydrogen-bond acceptors (Lipinski definition) is 3. The molecule has 2 fully saturated rings. The number of carbonyl (C=O) groups is 1. The van der Waals surface area contributed by atoms with Gasteiger partial charge in [0.15, 0.2) is 0 Å². The molecule has 0 radical (unpaired) electrons. The molecule has 3 rings (SSSR count). The summed E-state index contributed by atoms with van der Waals surface area (Å²) in [5.74, 6) is -0.245. The van der Waals surface area contributed by atoms with Gasteiger partial charge in [0.25, 0.3) is 5.91 Å². The Balaban J connectivity index is 0.00000132. The van der Waals surface area contributed by atoms with Crippen LogP contribution in [-0.2, 0) is 6.18 Å². The molecule has 2 atom stereocenters. The molecule has 130 valence electrons. The van der Waals surface area contributed by atoms with Crippen LogP contribution in [0.2, 0.25) is 0 Å². The van der Waals surface area contributed by atoms with E-state index in [1.165, 1.54) is 6.07 Å². The van der Waals surface area contributed by atoms with E-state index in [0.29, 0.717) is 25.2 Å². The van der Waals surface area contributed by atoms with Crippen molar-refractivity contribution in [3.8, 4) is 0 Å². The number of amides is 1. The van der Waals surface area contributed by atoms with Crippen LogP contribution in [0.1, 0.15) is 35.3 Å². The van der Waals surface area contributed by atoms with E-state index in [2.05, 4.69) is 10.3 Å². The summed E-state index contributed by atoms with van der Waals surface area (Å²) >= 11 is 0. The van der Waals surface area contributed by atoms with Crippen LogP contribution in [0.5, 0.6) is 0 Å². The van der Waals surface area contributed by atoms with E-state index in [-0.39, 0.29) is 36.3 Å². The minimum Gasteiger partial charge on any atom is -0.337 e. The quantitative estimate of drug-likeness (QED) is 0.825. The van der Waals surface area contributed by atoms with Crippen LogP contribution < -0.4 is 5.32 Å². The second kappa shape index (κ2) is 7.68. The van der Waals surface area contributed by atoms with Gasteiger partial charge in [0, 0.05) is 31.4 Å². The van der Waals surface area contributed by atoms with Gasteiger partial charge in [-0.3, -0.25) is 9.78 Å². The number of rotatable bonds is 1. The predicted octanol–water partition coefficient (Wildman–Crippen LogP) is 2.91. The molecule has 1 N–H and O–H groups in total. The van der Waals surface area contributed by atoms with Gasteiger partial charge in [0.05, 0.1) is 5.56 Å². The molecule has 2 bridgehead atoms. The van der Waals surface area contributed by atoms with Crippen molar-refractivity contribution in [3.05, 3.63) is 29.6 Å². The topological polar surface area (TPSA) is 45.2 Å². The highest BCUT2D eigenvalue weighted by atomic mass is 35.5. The number of alkyl halides is 3. The molecule has 0 aliphatic carbocycles. The van der Waals surface area contributed by atoms with Gasteiger partial charge in [-0.15, -0.1) is 24.8 Å². The fourth-order valence-corrected chi connectivity index (χ4v) is 3.00. The zero-order valence-corrected chi connectivity index (χ0v) is 13.8. The fourth-order valence-electron chi connectivity index (χ4n) is 3.00. The first-order valence-corrected chi connectivity index (χ1v) is 7.02. The normalized spacial score (nSPS) is 23.5. The van der Waals surface area contributed by atoms with Gasteiger partial charge in [0.1, 0.15) is 5.69 Å². The number of fused-ring (bicyclic) bond motifs is 2. The van der Waals surface area contributed by atoms with Gasteiger partial charge in [0.2, 0.25) is 0 Å². The first kappa shape index (κ1) is 20.0. The average Bonchev–Trinajstić information content (AvgIpc) is 2.77. The van der Waals surface area contributed by atoms with Crippen LogP contribution >= 0.6 is 24.8 Å². The number of likely N-dealkylation sites (tertiary alicyclic amines) is 1. The van der Waals surface area contributed by atoms with E-state index in [0.717, 1.165) is 31.5 Å². The lowest BCUT2D eigenvalue weighted by atomic mass is 10.1. The molecule has 4 nitrogen and oxygen atoms in total. The Morgan fingerprint density at radius 1 is 1.17 bits per heavy atom. The van der Waals surface area contributed by atoms with Crippen LogP contribution in [0.3, 0.4) is 0 Å².